The zero-order chi connectivity index (χ0) is 23.4. The van der Waals surface area contributed by atoms with Gasteiger partial charge in [-0.05, 0) is 81.8 Å². The van der Waals surface area contributed by atoms with E-state index in [9.17, 15) is 4.79 Å². The highest BCUT2D eigenvalue weighted by atomic mass is 16.5. The number of hydrogen-bond donors (Lipinski definition) is 2. The summed E-state index contributed by atoms with van der Waals surface area (Å²) in [5.41, 5.74) is 4.10. The van der Waals surface area contributed by atoms with E-state index in [1.54, 1.807) is 26.2 Å². The second-order valence-corrected chi connectivity index (χ2v) is 10.0. The minimum Gasteiger partial charge on any atom is -0.474 e. The van der Waals surface area contributed by atoms with Gasteiger partial charge in [0.2, 0.25) is 5.95 Å². The van der Waals surface area contributed by atoms with Crippen molar-refractivity contribution in [2.24, 2.45) is 5.92 Å². The van der Waals surface area contributed by atoms with Gasteiger partial charge in [0.05, 0.1) is 5.69 Å². The predicted molar refractivity (Wildman–Crippen MR) is 132 cm³/mol. The number of aromatic nitrogens is 3. The average Bonchev–Trinajstić information content (AvgIpc) is 3.43. The second kappa shape index (κ2) is 7.68. The maximum atomic E-state index is 12.1. The largest absolute Gasteiger partial charge is 0.474 e. The number of benzene rings is 1. The Balaban J connectivity index is 1.22. The normalized spacial score (nSPS) is 22.2. The van der Waals surface area contributed by atoms with Gasteiger partial charge in [0, 0.05) is 41.9 Å². The highest BCUT2D eigenvalue weighted by molar-refractivity contribution is 5.99. The quantitative estimate of drug-likeness (QED) is 0.588. The molecule has 174 valence electrons. The third kappa shape index (κ3) is 3.63. The minimum atomic E-state index is -0.954. The first-order valence-corrected chi connectivity index (χ1v) is 11.8. The zero-order valence-corrected chi connectivity index (χ0v) is 19.6. The van der Waals surface area contributed by atoms with Crippen molar-refractivity contribution in [1.29, 1.82) is 0 Å². The number of carbonyl (C=O) groups is 1. The third-order valence-corrected chi connectivity index (χ3v) is 7.12. The van der Waals surface area contributed by atoms with E-state index in [-0.39, 0.29) is 5.91 Å². The summed E-state index contributed by atoms with van der Waals surface area (Å²) < 4.78 is 5.87. The van der Waals surface area contributed by atoms with E-state index in [0.717, 1.165) is 17.2 Å². The molecule has 34 heavy (non-hydrogen) atoms. The number of nitrogens with one attached hydrogen (secondary N) is 2. The summed E-state index contributed by atoms with van der Waals surface area (Å²) >= 11 is 0. The van der Waals surface area contributed by atoms with Crippen LogP contribution in [0, 0.1) is 12.8 Å². The second-order valence-electron chi connectivity index (χ2n) is 10.0. The van der Waals surface area contributed by atoms with Crippen LogP contribution in [0.3, 0.4) is 0 Å². The summed E-state index contributed by atoms with van der Waals surface area (Å²) in [5, 5.41) is 6.13. The molecule has 1 saturated heterocycles. The first kappa shape index (κ1) is 20.9. The molecule has 3 aromatic rings. The van der Waals surface area contributed by atoms with Gasteiger partial charge in [-0.1, -0.05) is 0 Å². The molecule has 2 fully saturated rings. The number of nitrogens with zero attached hydrogens (tertiary/aromatic N) is 4. The molecule has 1 amide bonds. The van der Waals surface area contributed by atoms with Crippen LogP contribution in [-0.4, -0.2) is 39.0 Å². The standard InChI is InChI=1S/C26H28N6O2/c1-15-10-18(5-7-21(15)32-14-16-4-6-19(32)11-16)29-25-27-9-8-20(30-25)17-12-22-23(28-13-17)31-24(33)26(2,3)34-22/h5,7-10,12-13,16,19H,4,6,11,14H2,1-3H3,(H,27,29,30)(H,28,31,33)/t16-,19+/m1/s1. The summed E-state index contributed by atoms with van der Waals surface area (Å²) in [6.45, 7) is 6.81. The maximum Gasteiger partial charge on any atom is 0.269 e. The monoisotopic (exact) mass is 456 g/mol. The van der Waals surface area contributed by atoms with Crippen molar-refractivity contribution in [2.45, 2.75) is 51.7 Å². The number of carbonyl (C=O) groups excluding carboxylic acids is 1. The summed E-state index contributed by atoms with van der Waals surface area (Å²) in [7, 11) is 0. The Morgan fingerprint density at radius 3 is 2.82 bits per heavy atom. The number of amides is 1. The maximum absolute atomic E-state index is 12.1. The Kier molecular flexibility index (Phi) is 4.72. The molecule has 0 spiro atoms. The minimum absolute atomic E-state index is 0.215. The van der Waals surface area contributed by atoms with Crippen molar-refractivity contribution in [3.63, 3.8) is 0 Å². The Bertz CT molecular complexity index is 1290. The van der Waals surface area contributed by atoms with E-state index in [1.807, 2.05) is 12.1 Å². The van der Waals surface area contributed by atoms with Crippen molar-refractivity contribution in [2.75, 3.05) is 22.1 Å². The van der Waals surface area contributed by atoms with Crippen LogP contribution in [0.4, 0.5) is 23.1 Å². The Hall–Kier alpha value is -3.68. The molecule has 2 N–H and O–H groups in total. The van der Waals surface area contributed by atoms with E-state index in [2.05, 4.69) is 55.6 Å². The van der Waals surface area contributed by atoms with Crippen molar-refractivity contribution in [3.05, 3.63) is 48.3 Å². The topological polar surface area (TPSA) is 92.3 Å². The molecule has 1 aliphatic carbocycles. The van der Waals surface area contributed by atoms with E-state index in [1.165, 1.54) is 37.1 Å². The number of fused-ring (bicyclic) bond motifs is 3. The number of ether oxygens (including phenoxy) is 1. The molecule has 2 bridgehead atoms. The van der Waals surface area contributed by atoms with Crippen LogP contribution in [0.1, 0.15) is 38.7 Å². The molecule has 6 rings (SSSR count). The molecule has 1 saturated carbocycles. The number of pyridine rings is 1. The Morgan fingerprint density at radius 2 is 2.06 bits per heavy atom. The molecule has 4 heterocycles. The summed E-state index contributed by atoms with van der Waals surface area (Å²) in [6.07, 6.45) is 7.43. The average molecular weight is 457 g/mol. The Labute approximate surface area is 198 Å². The molecule has 1 aromatic carbocycles. The van der Waals surface area contributed by atoms with Crippen LogP contribution in [0.25, 0.3) is 11.3 Å². The number of rotatable bonds is 4. The molecule has 8 heteroatoms. The zero-order valence-electron chi connectivity index (χ0n) is 19.6. The van der Waals surface area contributed by atoms with Gasteiger partial charge < -0.3 is 20.3 Å². The van der Waals surface area contributed by atoms with Gasteiger partial charge in [-0.15, -0.1) is 0 Å². The number of hydrogen-bond acceptors (Lipinski definition) is 7. The molecular formula is C26H28N6O2. The van der Waals surface area contributed by atoms with Crippen molar-refractivity contribution in [1.82, 2.24) is 15.0 Å². The smallest absolute Gasteiger partial charge is 0.269 e. The summed E-state index contributed by atoms with van der Waals surface area (Å²) in [5.74, 6) is 2.10. The lowest BCUT2D eigenvalue weighted by Crippen LogP contribution is -2.45. The first-order valence-electron chi connectivity index (χ1n) is 11.8. The van der Waals surface area contributed by atoms with E-state index < -0.39 is 5.60 Å². The van der Waals surface area contributed by atoms with Gasteiger partial charge in [0.1, 0.15) is 0 Å². The van der Waals surface area contributed by atoms with Gasteiger partial charge in [-0.2, -0.15) is 0 Å². The van der Waals surface area contributed by atoms with Gasteiger partial charge in [-0.25, -0.2) is 15.0 Å². The van der Waals surface area contributed by atoms with Crippen LogP contribution >= 0.6 is 0 Å². The van der Waals surface area contributed by atoms with Crippen LogP contribution in [0.5, 0.6) is 5.75 Å². The van der Waals surface area contributed by atoms with Crippen molar-refractivity contribution in [3.8, 4) is 17.0 Å². The van der Waals surface area contributed by atoms with E-state index >= 15 is 0 Å². The van der Waals surface area contributed by atoms with Crippen molar-refractivity contribution < 1.29 is 9.53 Å². The van der Waals surface area contributed by atoms with Crippen LogP contribution in [-0.2, 0) is 4.79 Å². The highest BCUT2D eigenvalue weighted by Gasteiger charge is 2.38. The van der Waals surface area contributed by atoms with Crippen LogP contribution in [0.15, 0.2) is 42.7 Å². The van der Waals surface area contributed by atoms with E-state index in [0.29, 0.717) is 29.3 Å². The van der Waals surface area contributed by atoms with Gasteiger partial charge >= 0.3 is 0 Å². The van der Waals surface area contributed by atoms with Crippen LogP contribution < -0.4 is 20.3 Å². The highest BCUT2D eigenvalue weighted by Crippen LogP contribution is 2.41. The molecule has 3 aliphatic rings. The van der Waals surface area contributed by atoms with Gasteiger partial charge in [0.15, 0.2) is 17.2 Å². The van der Waals surface area contributed by atoms with Crippen LogP contribution in [0.2, 0.25) is 0 Å². The molecular weight excluding hydrogens is 428 g/mol. The fraction of sp³-hybridized carbons (Fsp3) is 0.385. The number of piperidine rings is 1. The fourth-order valence-corrected chi connectivity index (χ4v) is 5.32. The molecule has 2 aromatic heterocycles. The predicted octanol–water partition coefficient (Wildman–Crippen LogP) is 4.69. The Morgan fingerprint density at radius 1 is 1.18 bits per heavy atom. The third-order valence-electron chi connectivity index (χ3n) is 7.12. The summed E-state index contributed by atoms with van der Waals surface area (Å²) in [4.78, 5) is 28.1. The summed E-state index contributed by atoms with van der Waals surface area (Å²) in [6, 6.07) is 10.9. The molecule has 2 aliphatic heterocycles. The fourth-order valence-electron chi connectivity index (χ4n) is 5.32. The SMILES string of the molecule is Cc1cc(Nc2nccc(-c3cnc4c(c3)OC(C)(C)C(=O)N4)n2)ccc1N1C[C@@H]2CC[C@H]1C2. The lowest BCUT2D eigenvalue weighted by atomic mass is 10.1. The lowest BCUT2D eigenvalue weighted by Gasteiger charge is -2.31. The molecule has 2 atom stereocenters. The van der Waals surface area contributed by atoms with Crippen molar-refractivity contribution >= 4 is 29.0 Å². The molecule has 0 unspecified atom stereocenters. The van der Waals surface area contributed by atoms with E-state index in [4.69, 9.17) is 4.74 Å². The molecule has 0 radical (unpaired) electrons. The molecule has 8 nitrogen and oxygen atoms in total. The first-order chi connectivity index (χ1) is 16.4. The lowest BCUT2D eigenvalue weighted by molar-refractivity contribution is -0.129. The number of aryl methyl sites for hydroxylation is 1. The number of anilines is 4. The van der Waals surface area contributed by atoms with Gasteiger partial charge in [-0.3, -0.25) is 4.79 Å². The van der Waals surface area contributed by atoms with Gasteiger partial charge in [0.25, 0.3) is 5.91 Å².